The highest BCUT2D eigenvalue weighted by Gasteiger charge is 2.18. The van der Waals surface area contributed by atoms with Crippen molar-refractivity contribution < 1.29 is 8.42 Å². The van der Waals surface area contributed by atoms with Gasteiger partial charge in [-0.2, -0.15) is 0 Å². The lowest BCUT2D eigenvalue weighted by Gasteiger charge is -2.14. The minimum absolute atomic E-state index is 0.306. The second-order valence-corrected chi connectivity index (χ2v) is 5.51. The van der Waals surface area contributed by atoms with Crippen molar-refractivity contribution in [1.29, 1.82) is 0 Å². The van der Waals surface area contributed by atoms with E-state index in [0.717, 1.165) is 5.56 Å². The van der Waals surface area contributed by atoms with Gasteiger partial charge in [0.25, 0.3) is 0 Å². The Kier molecular flexibility index (Phi) is 4.13. The molecule has 0 aromatic heterocycles. The van der Waals surface area contributed by atoms with Crippen molar-refractivity contribution in [2.45, 2.75) is 17.7 Å². The van der Waals surface area contributed by atoms with E-state index in [9.17, 15) is 8.42 Å². The van der Waals surface area contributed by atoms with Crippen molar-refractivity contribution in [1.82, 2.24) is 4.31 Å². The van der Waals surface area contributed by atoms with Crippen LogP contribution < -0.4 is 0 Å². The SMILES string of the molecule is CCN(C)S(=O)(=O)c1ccc(CCl)cc1. The van der Waals surface area contributed by atoms with Gasteiger partial charge in [-0.15, -0.1) is 11.6 Å². The molecule has 0 N–H and O–H groups in total. The first-order chi connectivity index (χ1) is 7.02. The van der Waals surface area contributed by atoms with Gasteiger partial charge in [0.2, 0.25) is 10.0 Å². The summed E-state index contributed by atoms with van der Waals surface area (Å²) in [6.45, 7) is 2.25. The normalized spacial score (nSPS) is 12.0. The van der Waals surface area contributed by atoms with Gasteiger partial charge in [0.1, 0.15) is 0 Å². The number of hydrogen-bond donors (Lipinski definition) is 0. The van der Waals surface area contributed by atoms with Crippen LogP contribution in [-0.4, -0.2) is 26.3 Å². The van der Waals surface area contributed by atoms with Crippen LogP contribution in [0.25, 0.3) is 0 Å². The van der Waals surface area contributed by atoms with Gasteiger partial charge in [-0.05, 0) is 17.7 Å². The summed E-state index contributed by atoms with van der Waals surface area (Å²) in [7, 11) is -1.76. The van der Waals surface area contributed by atoms with Crippen molar-refractivity contribution in [3.63, 3.8) is 0 Å². The summed E-state index contributed by atoms with van der Waals surface area (Å²) in [6, 6.07) is 6.62. The molecule has 0 amide bonds. The molecule has 0 aliphatic rings. The molecule has 0 heterocycles. The summed E-state index contributed by atoms with van der Waals surface area (Å²) >= 11 is 5.62. The maximum atomic E-state index is 11.9. The fourth-order valence-electron chi connectivity index (χ4n) is 1.10. The largest absolute Gasteiger partial charge is 0.242 e. The molecule has 0 bridgehead atoms. The lowest BCUT2D eigenvalue weighted by Crippen LogP contribution is -2.26. The lowest BCUT2D eigenvalue weighted by atomic mass is 10.2. The highest BCUT2D eigenvalue weighted by Crippen LogP contribution is 2.15. The fraction of sp³-hybridized carbons (Fsp3) is 0.400. The van der Waals surface area contributed by atoms with E-state index in [1.54, 1.807) is 38.2 Å². The van der Waals surface area contributed by atoms with Crippen molar-refractivity contribution in [3.05, 3.63) is 29.8 Å². The Morgan fingerprint density at radius 1 is 1.27 bits per heavy atom. The zero-order valence-corrected chi connectivity index (χ0v) is 10.3. The Morgan fingerprint density at radius 3 is 2.20 bits per heavy atom. The molecule has 0 saturated carbocycles. The standard InChI is InChI=1S/C10H14ClNO2S/c1-3-12(2)15(13,14)10-6-4-9(8-11)5-7-10/h4-7H,3,8H2,1-2H3. The monoisotopic (exact) mass is 247 g/mol. The van der Waals surface area contributed by atoms with Crippen LogP contribution in [0.5, 0.6) is 0 Å². The maximum absolute atomic E-state index is 11.9. The molecule has 0 atom stereocenters. The number of sulfonamides is 1. The minimum atomic E-state index is -3.32. The summed E-state index contributed by atoms with van der Waals surface area (Å²) < 4.78 is 25.0. The topological polar surface area (TPSA) is 37.4 Å². The quantitative estimate of drug-likeness (QED) is 0.764. The van der Waals surface area contributed by atoms with Gasteiger partial charge in [0, 0.05) is 19.5 Å². The van der Waals surface area contributed by atoms with Crippen LogP contribution in [0, 0.1) is 0 Å². The second-order valence-electron chi connectivity index (χ2n) is 3.20. The smallest absolute Gasteiger partial charge is 0.207 e. The van der Waals surface area contributed by atoms with E-state index in [1.807, 2.05) is 0 Å². The molecule has 0 saturated heterocycles. The molecule has 0 radical (unpaired) electrons. The van der Waals surface area contributed by atoms with Gasteiger partial charge in [-0.1, -0.05) is 19.1 Å². The third kappa shape index (κ3) is 2.71. The van der Waals surface area contributed by atoms with E-state index in [2.05, 4.69) is 0 Å². The first kappa shape index (κ1) is 12.5. The molecule has 15 heavy (non-hydrogen) atoms. The highest BCUT2D eigenvalue weighted by atomic mass is 35.5. The highest BCUT2D eigenvalue weighted by molar-refractivity contribution is 7.89. The van der Waals surface area contributed by atoms with Crippen molar-refractivity contribution in [2.24, 2.45) is 0 Å². The Morgan fingerprint density at radius 2 is 1.80 bits per heavy atom. The Balaban J connectivity index is 3.06. The molecule has 84 valence electrons. The molecule has 0 spiro atoms. The maximum Gasteiger partial charge on any atom is 0.242 e. The average molecular weight is 248 g/mol. The van der Waals surface area contributed by atoms with Crippen LogP contribution in [0.1, 0.15) is 12.5 Å². The summed E-state index contributed by atoms with van der Waals surface area (Å²) in [4.78, 5) is 0.306. The first-order valence-electron chi connectivity index (χ1n) is 4.63. The predicted octanol–water partition coefficient (Wildman–Crippen LogP) is 2.07. The number of nitrogens with zero attached hydrogens (tertiary/aromatic N) is 1. The van der Waals surface area contributed by atoms with Crippen molar-refractivity contribution >= 4 is 21.6 Å². The van der Waals surface area contributed by atoms with E-state index < -0.39 is 10.0 Å². The molecule has 5 heteroatoms. The van der Waals surface area contributed by atoms with Crippen molar-refractivity contribution in [2.75, 3.05) is 13.6 Å². The van der Waals surface area contributed by atoms with Gasteiger partial charge in [0.15, 0.2) is 0 Å². The van der Waals surface area contributed by atoms with Gasteiger partial charge in [-0.25, -0.2) is 12.7 Å². The minimum Gasteiger partial charge on any atom is -0.207 e. The molecular weight excluding hydrogens is 234 g/mol. The van der Waals surface area contributed by atoms with Crippen molar-refractivity contribution in [3.8, 4) is 0 Å². The Hall–Kier alpha value is -0.580. The summed E-state index contributed by atoms with van der Waals surface area (Å²) in [5.74, 6) is 0.393. The van der Waals surface area contributed by atoms with Gasteiger partial charge >= 0.3 is 0 Å². The summed E-state index contributed by atoms with van der Waals surface area (Å²) in [5.41, 5.74) is 0.912. The molecule has 0 fully saturated rings. The first-order valence-corrected chi connectivity index (χ1v) is 6.61. The molecular formula is C10H14ClNO2S. The number of hydrogen-bond acceptors (Lipinski definition) is 2. The van der Waals surface area contributed by atoms with Gasteiger partial charge in [-0.3, -0.25) is 0 Å². The molecule has 0 aliphatic carbocycles. The van der Waals surface area contributed by atoms with Crippen LogP contribution in [-0.2, 0) is 15.9 Å². The molecule has 1 aromatic rings. The third-order valence-corrected chi connectivity index (χ3v) is 4.49. The number of alkyl halides is 1. The van der Waals surface area contributed by atoms with Crippen LogP contribution in [0.3, 0.4) is 0 Å². The Labute approximate surface area is 95.7 Å². The summed E-state index contributed by atoms with van der Waals surface area (Å²) in [5, 5.41) is 0. The second kappa shape index (κ2) is 4.96. The predicted molar refractivity (Wildman–Crippen MR) is 61.5 cm³/mol. The third-order valence-electron chi connectivity index (χ3n) is 2.23. The molecule has 1 aromatic carbocycles. The number of halogens is 1. The molecule has 1 rings (SSSR count). The zero-order valence-electron chi connectivity index (χ0n) is 8.77. The molecule has 3 nitrogen and oxygen atoms in total. The van der Waals surface area contributed by atoms with Gasteiger partial charge < -0.3 is 0 Å². The fourth-order valence-corrected chi connectivity index (χ4v) is 2.46. The lowest BCUT2D eigenvalue weighted by molar-refractivity contribution is 0.486. The average Bonchev–Trinajstić information content (AvgIpc) is 2.28. The van der Waals surface area contributed by atoms with Crippen LogP contribution in [0.2, 0.25) is 0 Å². The van der Waals surface area contributed by atoms with Crippen LogP contribution >= 0.6 is 11.6 Å². The van der Waals surface area contributed by atoms with E-state index in [1.165, 1.54) is 4.31 Å². The molecule has 0 aliphatic heterocycles. The Bertz CT molecular complexity index is 414. The van der Waals surface area contributed by atoms with Gasteiger partial charge in [0.05, 0.1) is 4.90 Å². The summed E-state index contributed by atoms with van der Waals surface area (Å²) in [6.07, 6.45) is 0. The van der Waals surface area contributed by atoms with E-state index in [-0.39, 0.29) is 0 Å². The zero-order chi connectivity index (χ0) is 11.5. The van der Waals surface area contributed by atoms with Crippen LogP contribution in [0.15, 0.2) is 29.2 Å². The van der Waals surface area contributed by atoms with E-state index >= 15 is 0 Å². The van der Waals surface area contributed by atoms with Crippen LogP contribution in [0.4, 0.5) is 0 Å². The van der Waals surface area contributed by atoms with E-state index in [4.69, 9.17) is 11.6 Å². The number of rotatable bonds is 4. The molecule has 0 unspecified atom stereocenters. The van der Waals surface area contributed by atoms with E-state index in [0.29, 0.717) is 17.3 Å². The number of benzene rings is 1.